The van der Waals surface area contributed by atoms with E-state index in [1.54, 1.807) is 0 Å². The topological polar surface area (TPSA) is 26.0 Å². The van der Waals surface area contributed by atoms with Gasteiger partial charge in [0, 0.05) is 5.54 Å². The lowest BCUT2D eigenvalue weighted by Crippen LogP contribution is -2.31. The minimum absolute atomic E-state index is 0.0295. The summed E-state index contributed by atoms with van der Waals surface area (Å²) < 4.78 is 0. The van der Waals surface area contributed by atoms with Gasteiger partial charge in [-0.2, -0.15) is 0 Å². The molecule has 44 valence electrons. The van der Waals surface area contributed by atoms with Crippen LogP contribution in [0.1, 0.15) is 20.3 Å². The van der Waals surface area contributed by atoms with Crippen LogP contribution in [0.5, 0.6) is 0 Å². The van der Waals surface area contributed by atoms with Gasteiger partial charge in [0.15, 0.2) is 0 Å². The van der Waals surface area contributed by atoms with Crippen molar-refractivity contribution < 1.29 is 0 Å². The lowest BCUT2D eigenvalue weighted by atomic mass is 10.0. The van der Waals surface area contributed by atoms with E-state index < -0.39 is 0 Å². The predicted octanol–water partition coefficient (Wildman–Crippen LogP) is 0.989. The third-order valence-corrected chi connectivity index (χ3v) is 1.08. The summed E-state index contributed by atoms with van der Waals surface area (Å²) in [6, 6.07) is 0. The van der Waals surface area contributed by atoms with Gasteiger partial charge in [0.05, 0.1) is 0 Å². The van der Waals surface area contributed by atoms with E-state index in [0.29, 0.717) is 0 Å². The van der Waals surface area contributed by atoms with Crippen molar-refractivity contribution in [3.63, 3.8) is 0 Å². The molecule has 0 saturated carbocycles. The second-order valence-electron chi connectivity index (χ2n) is 2.53. The van der Waals surface area contributed by atoms with Crippen molar-refractivity contribution in [1.29, 1.82) is 0 Å². The van der Waals surface area contributed by atoms with Gasteiger partial charge < -0.3 is 5.73 Å². The van der Waals surface area contributed by atoms with Crippen LogP contribution in [0.4, 0.5) is 0 Å². The van der Waals surface area contributed by atoms with Gasteiger partial charge in [-0.05, 0) is 26.4 Å². The molecule has 7 heavy (non-hydrogen) atoms. The molecular formula is C5H14NP. The van der Waals surface area contributed by atoms with Crippen LogP contribution >= 0.6 is 9.24 Å². The first kappa shape index (κ1) is 7.39. The van der Waals surface area contributed by atoms with Crippen LogP contribution < -0.4 is 5.73 Å². The standard InChI is InChI=1S/C5H14NP/c1-5(2,6)3-4-7/h3-4,6-7H2,1-2H3. The fourth-order valence-electron chi connectivity index (χ4n) is 0.372. The Morgan fingerprint density at radius 3 is 2.00 bits per heavy atom. The average molecular weight is 119 g/mol. The first-order chi connectivity index (χ1) is 3.06. The summed E-state index contributed by atoms with van der Waals surface area (Å²) in [4.78, 5) is 0. The summed E-state index contributed by atoms with van der Waals surface area (Å²) in [5, 5.41) is 0. The van der Waals surface area contributed by atoms with Crippen molar-refractivity contribution in [1.82, 2.24) is 0 Å². The van der Waals surface area contributed by atoms with Gasteiger partial charge in [0.2, 0.25) is 0 Å². The van der Waals surface area contributed by atoms with Crippen molar-refractivity contribution in [3.05, 3.63) is 0 Å². The van der Waals surface area contributed by atoms with E-state index >= 15 is 0 Å². The molecule has 1 atom stereocenters. The highest BCUT2D eigenvalue weighted by atomic mass is 31.0. The SMILES string of the molecule is CC(C)(N)CCP. The Bertz CT molecular complexity index is 46.5. The molecule has 0 saturated heterocycles. The molecule has 0 aromatic rings. The molecule has 0 aliphatic heterocycles. The second-order valence-corrected chi connectivity index (χ2v) is 3.10. The number of rotatable bonds is 2. The third-order valence-electron chi connectivity index (χ3n) is 0.789. The Labute approximate surface area is 47.9 Å². The summed E-state index contributed by atoms with van der Waals surface area (Å²) >= 11 is 0. The first-order valence-corrected chi connectivity index (χ1v) is 3.37. The van der Waals surface area contributed by atoms with Crippen LogP contribution in [-0.2, 0) is 0 Å². The maximum atomic E-state index is 5.63. The van der Waals surface area contributed by atoms with E-state index in [2.05, 4.69) is 9.24 Å². The molecule has 0 bridgehead atoms. The molecule has 0 aromatic heterocycles. The van der Waals surface area contributed by atoms with E-state index in [-0.39, 0.29) is 5.54 Å². The molecule has 1 nitrogen and oxygen atoms in total. The quantitative estimate of drug-likeness (QED) is 0.539. The minimum Gasteiger partial charge on any atom is -0.326 e. The van der Waals surface area contributed by atoms with Gasteiger partial charge in [-0.25, -0.2) is 0 Å². The van der Waals surface area contributed by atoms with E-state index in [0.717, 1.165) is 12.6 Å². The maximum Gasteiger partial charge on any atom is 0.0100 e. The summed E-state index contributed by atoms with van der Waals surface area (Å²) in [5.74, 6) is 0. The molecule has 0 amide bonds. The third kappa shape index (κ3) is 6.39. The fourth-order valence-corrected chi connectivity index (χ4v) is 1.12. The van der Waals surface area contributed by atoms with Crippen LogP contribution in [-0.4, -0.2) is 11.7 Å². The maximum absolute atomic E-state index is 5.63. The molecule has 2 N–H and O–H groups in total. The van der Waals surface area contributed by atoms with Crippen LogP contribution in [0.3, 0.4) is 0 Å². The highest BCUT2D eigenvalue weighted by molar-refractivity contribution is 7.16. The predicted molar refractivity (Wildman–Crippen MR) is 37.5 cm³/mol. The van der Waals surface area contributed by atoms with Crippen molar-refractivity contribution in [3.8, 4) is 0 Å². The fraction of sp³-hybridized carbons (Fsp3) is 1.00. The zero-order valence-electron chi connectivity index (χ0n) is 5.07. The molecule has 0 heterocycles. The van der Waals surface area contributed by atoms with Gasteiger partial charge in [-0.3, -0.25) is 0 Å². The molecule has 0 aliphatic rings. The Morgan fingerprint density at radius 1 is 1.57 bits per heavy atom. The molecular weight excluding hydrogens is 105 g/mol. The monoisotopic (exact) mass is 119 g/mol. The zero-order chi connectivity index (χ0) is 5.91. The normalized spacial score (nSPS) is 12.0. The molecule has 0 aromatic carbocycles. The van der Waals surface area contributed by atoms with Crippen molar-refractivity contribution in [2.24, 2.45) is 5.73 Å². The number of nitrogens with two attached hydrogens (primary N) is 1. The Morgan fingerprint density at radius 2 is 2.00 bits per heavy atom. The van der Waals surface area contributed by atoms with Crippen molar-refractivity contribution >= 4 is 9.24 Å². The second kappa shape index (κ2) is 2.64. The summed E-state index contributed by atoms with van der Waals surface area (Å²) in [7, 11) is 2.66. The highest BCUT2D eigenvalue weighted by Crippen LogP contribution is 2.04. The molecule has 0 spiro atoms. The smallest absolute Gasteiger partial charge is 0.0100 e. The van der Waals surface area contributed by atoms with E-state index in [9.17, 15) is 0 Å². The Balaban J connectivity index is 3.15. The van der Waals surface area contributed by atoms with Crippen LogP contribution in [0.2, 0.25) is 0 Å². The molecule has 1 unspecified atom stereocenters. The van der Waals surface area contributed by atoms with E-state index in [1.165, 1.54) is 0 Å². The van der Waals surface area contributed by atoms with Gasteiger partial charge in [-0.1, -0.05) is 0 Å². The molecule has 2 heteroatoms. The van der Waals surface area contributed by atoms with Gasteiger partial charge in [-0.15, -0.1) is 9.24 Å². The molecule has 0 aliphatic carbocycles. The molecule has 0 radical (unpaired) electrons. The van der Waals surface area contributed by atoms with E-state index in [4.69, 9.17) is 5.73 Å². The number of hydrogen-bond acceptors (Lipinski definition) is 1. The van der Waals surface area contributed by atoms with Gasteiger partial charge in [0.1, 0.15) is 0 Å². The largest absolute Gasteiger partial charge is 0.326 e. The average Bonchev–Trinajstić information content (AvgIpc) is 1.30. The van der Waals surface area contributed by atoms with E-state index in [1.807, 2.05) is 13.8 Å². The first-order valence-electron chi connectivity index (χ1n) is 2.55. The Hall–Kier alpha value is 0.390. The van der Waals surface area contributed by atoms with Gasteiger partial charge in [0.25, 0.3) is 0 Å². The summed E-state index contributed by atoms with van der Waals surface area (Å²) in [5.41, 5.74) is 5.66. The van der Waals surface area contributed by atoms with Crippen molar-refractivity contribution in [2.75, 3.05) is 6.16 Å². The van der Waals surface area contributed by atoms with Crippen molar-refractivity contribution in [2.45, 2.75) is 25.8 Å². The highest BCUT2D eigenvalue weighted by Gasteiger charge is 2.06. The van der Waals surface area contributed by atoms with Crippen LogP contribution in [0.15, 0.2) is 0 Å². The molecule has 0 fully saturated rings. The number of hydrogen-bond donors (Lipinski definition) is 1. The van der Waals surface area contributed by atoms with Crippen LogP contribution in [0, 0.1) is 0 Å². The summed E-state index contributed by atoms with van der Waals surface area (Å²) in [6.45, 7) is 4.08. The summed E-state index contributed by atoms with van der Waals surface area (Å²) in [6.07, 6.45) is 2.18. The van der Waals surface area contributed by atoms with Gasteiger partial charge >= 0.3 is 0 Å². The molecule has 0 rings (SSSR count). The van der Waals surface area contributed by atoms with Crippen LogP contribution in [0.25, 0.3) is 0 Å². The Kier molecular flexibility index (Phi) is 2.78. The lowest BCUT2D eigenvalue weighted by molar-refractivity contribution is 0.506. The zero-order valence-corrected chi connectivity index (χ0v) is 6.22. The lowest BCUT2D eigenvalue weighted by Gasteiger charge is -2.15. The minimum atomic E-state index is 0.0295.